The summed E-state index contributed by atoms with van der Waals surface area (Å²) in [5.74, 6) is 0.255. The van der Waals surface area contributed by atoms with Gasteiger partial charge in [0.25, 0.3) is 5.89 Å². The van der Waals surface area contributed by atoms with E-state index in [-0.39, 0.29) is 12.5 Å². The van der Waals surface area contributed by atoms with Gasteiger partial charge in [-0.2, -0.15) is 4.98 Å². The zero-order valence-electron chi connectivity index (χ0n) is 10.2. The van der Waals surface area contributed by atoms with Gasteiger partial charge in [0.15, 0.2) is 0 Å². The second-order valence-electron chi connectivity index (χ2n) is 3.63. The minimum atomic E-state index is -1.05. The first-order valence-corrected chi connectivity index (χ1v) is 5.45. The van der Waals surface area contributed by atoms with Crippen LogP contribution >= 0.6 is 0 Å². The second-order valence-corrected chi connectivity index (χ2v) is 3.63. The molecule has 1 aromatic heterocycles. The summed E-state index contributed by atoms with van der Waals surface area (Å²) < 4.78 is 14.9. The number of aromatic nitrogens is 2. The van der Waals surface area contributed by atoms with Crippen LogP contribution in [-0.4, -0.2) is 34.9 Å². The number of benzene rings is 1. The van der Waals surface area contributed by atoms with E-state index in [0.29, 0.717) is 11.6 Å². The fourth-order valence-electron chi connectivity index (χ4n) is 1.42. The van der Waals surface area contributed by atoms with Gasteiger partial charge in [-0.1, -0.05) is 17.3 Å². The lowest BCUT2D eigenvalue weighted by molar-refractivity contribution is -0.142. The summed E-state index contributed by atoms with van der Waals surface area (Å²) in [5, 5.41) is 12.2. The molecule has 0 spiro atoms. The molecule has 19 heavy (non-hydrogen) atoms. The van der Waals surface area contributed by atoms with Crippen molar-refractivity contribution in [3.63, 3.8) is 0 Å². The van der Waals surface area contributed by atoms with Crippen molar-refractivity contribution in [1.29, 1.82) is 0 Å². The smallest absolute Gasteiger partial charge is 0.329 e. The summed E-state index contributed by atoms with van der Waals surface area (Å²) in [6.45, 7) is -0.444. The van der Waals surface area contributed by atoms with E-state index in [2.05, 4.69) is 10.1 Å². The van der Waals surface area contributed by atoms with Gasteiger partial charge in [-0.3, -0.25) is 0 Å². The third-order valence-corrected chi connectivity index (χ3v) is 2.25. The van der Waals surface area contributed by atoms with Crippen molar-refractivity contribution in [1.82, 2.24) is 10.1 Å². The number of aliphatic carboxylic acids is 1. The van der Waals surface area contributed by atoms with Crippen LogP contribution in [0.3, 0.4) is 0 Å². The monoisotopic (exact) mass is 264 g/mol. The molecule has 0 aliphatic rings. The highest BCUT2D eigenvalue weighted by molar-refractivity contribution is 5.67. The minimum Gasteiger partial charge on any atom is -0.497 e. The van der Waals surface area contributed by atoms with Crippen LogP contribution in [0.4, 0.5) is 0 Å². The second kappa shape index (κ2) is 5.96. The van der Waals surface area contributed by atoms with Crippen molar-refractivity contribution in [2.45, 2.75) is 6.61 Å². The molecule has 0 saturated carbocycles. The molecule has 7 nitrogen and oxygen atoms in total. The maximum Gasteiger partial charge on any atom is 0.329 e. The first-order valence-electron chi connectivity index (χ1n) is 5.45. The summed E-state index contributed by atoms with van der Waals surface area (Å²) in [7, 11) is 1.57. The van der Waals surface area contributed by atoms with E-state index in [9.17, 15) is 4.79 Å². The van der Waals surface area contributed by atoms with Crippen LogP contribution in [0, 0.1) is 0 Å². The zero-order valence-corrected chi connectivity index (χ0v) is 10.2. The SMILES string of the molecule is COc1cccc(-c2noc(COCC(=O)O)n2)c1. The van der Waals surface area contributed by atoms with Gasteiger partial charge in [0.2, 0.25) is 5.82 Å². The number of methoxy groups -OCH3 is 1. The van der Waals surface area contributed by atoms with Crippen LogP contribution < -0.4 is 4.74 Å². The topological polar surface area (TPSA) is 94.7 Å². The number of carboxylic acids is 1. The lowest BCUT2D eigenvalue weighted by Crippen LogP contribution is -2.06. The summed E-state index contributed by atoms with van der Waals surface area (Å²) in [6, 6.07) is 7.20. The Balaban J connectivity index is 2.05. The molecule has 2 rings (SSSR count). The maximum absolute atomic E-state index is 10.3. The molecule has 0 amide bonds. The van der Waals surface area contributed by atoms with Gasteiger partial charge >= 0.3 is 5.97 Å². The van der Waals surface area contributed by atoms with Crippen LogP contribution in [-0.2, 0) is 16.1 Å². The Kier molecular flexibility index (Phi) is 4.09. The lowest BCUT2D eigenvalue weighted by atomic mass is 10.2. The van der Waals surface area contributed by atoms with E-state index in [4.69, 9.17) is 19.1 Å². The Labute approximate surface area is 108 Å². The van der Waals surface area contributed by atoms with Crippen molar-refractivity contribution >= 4 is 5.97 Å². The van der Waals surface area contributed by atoms with E-state index < -0.39 is 12.6 Å². The fraction of sp³-hybridized carbons (Fsp3) is 0.250. The van der Waals surface area contributed by atoms with Crippen molar-refractivity contribution in [3.05, 3.63) is 30.2 Å². The van der Waals surface area contributed by atoms with E-state index in [1.54, 1.807) is 19.2 Å². The Bertz CT molecular complexity index is 567. The number of hydrogen-bond acceptors (Lipinski definition) is 6. The van der Waals surface area contributed by atoms with Crippen LogP contribution in [0.5, 0.6) is 5.75 Å². The molecule has 2 aromatic rings. The maximum atomic E-state index is 10.3. The molecular formula is C12H12N2O5. The van der Waals surface area contributed by atoms with Gasteiger partial charge in [0, 0.05) is 5.56 Å². The molecule has 0 saturated heterocycles. The predicted molar refractivity (Wildman–Crippen MR) is 63.6 cm³/mol. The molecule has 0 aliphatic carbocycles. The van der Waals surface area contributed by atoms with Gasteiger partial charge in [0.05, 0.1) is 7.11 Å². The normalized spacial score (nSPS) is 10.4. The van der Waals surface area contributed by atoms with Gasteiger partial charge in [-0.05, 0) is 12.1 Å². The number of carboxylic acid groups (broad SMARTS) is 1. The molecule has 0 radical (unpaired) electrons. The molecular weight excluding hydrogens is 252 g/mol. The van der Waals surface area contributed by atoms with Crippen molar-refractivity contribution in [2.24, 2.45) is 0 Å². The van der Waals surface area contributed by atoms with Crippen LogP contribution in [0.25, 0.3) is 11.4 Å². The van der Waals surface area contributed by atoms with E-state index in [1.807, 2.05) is 12.1 Å². The largest absolute Gasteiger partial charge is 0.497 e. The highest BCUT2D eigenvalue weighted by atomic mass is 16.5. The predicted octanol–water partition coefficient (Wildman–Crippen LogP) is 1.35. The Morgan fingerprint density at radius 2 is 2.32 bits per heavy atom. The highest BCUT2D eigenvalue weighted by Crippen LogP contribution is 2.21. The Morgan fingerprint density at radius 1 is 1.47 bits per heavy atom. The molecule has 0 fully saturated rings. The third-order valence-electron chi connectivity index (χ3n) is 2.25. The zero-order chi connectivity index (χ0) is 13.7. The molecule has 1 aromatic carbocycles. The van der Waals surface area contributed by atoms with Crippen LogP contribution in [0.2, 0.25) is 0 Å². The van der Waals surface area contributed by atoms with Crippen LogP contribution in [0.15, 0.2) is 28.8 Å². The first kappa shape index (κ1) is 13.0. The van der Waals surface area contributed by atoms with Gasteiger partial charge in [0.1, 0.15) is 19.0 Å². The Hall–Kier alpha value is -2.41. The highest BCUT2D eigenvalue weighted by Gasteiger charge is 2.10. The van der Waals surface area contributed by atoms with E-state index in [0.717, 1.165) is 5.56 Å². The third kappa shape index (κ3) is 3.52. The van der Waals surface area contributed by atoms with Crippen LogP contribution in [0.1, 0.15) is 5.89 Å². The summed E-state index contributed by atoms with van der Waals surface area (Å²) >= 11 is 0. The van der Waals surface area contributed by atoms with Gasteiger partial charge in [-0.15, -0.1) is 0 Å². The molecule has 1 heterocycles. The minimum absolute atomic E-state index is 0.0384. The average Bonchev–Trinajstić information content (AvgIpc) is 2.87. The van der Waals surface area contributed by atoms with Crippen molar-refractivity contribution in [3.8, 4) is 17.1 Å². The van der Waals surface area contributed by atoms with Gasteiger partial charge < -0.3 is 19.1 Å². The molecule has 0 aliphatic heterocycles. The summed E-state index contributed by atoms with van der Waals surface area (Å²) in [6.07, 6.45) is 0. The average molecular weight is 264 g/mol. The van der Waals surface area contributed by atoms with Crippen molar-refractivity contribution in [2.75, 3.05) is 13.7 Å². The fourth-order valence-corrected chi connectivity index (χ4v) is 1.42. The molecule has 7 heteroatoms. The van der Waals surface area contributed by atoms with Crippen molar-refractivity contribution < 1.29 is 23.9 Å². The van der Waals surface area contributed by atoms with E-state index in [1.165, 1.54) is 0 Å². The molecule has 0 bridgehead atoms. The molecule has 0 unspecified atom stereocenters. The quantitative estimate of drug-likeness (QED) is 0.841. The Morgan fingerprint density at radius 3 is 3.05 bits per heavy atom. The van der Waals surface area contributed by atoms with E-state index >= 15 is 0 Å². The molecule has 100 valence electrons. The number of carbonyl (C=O) groups is 1. The standard InChI is InChI=1S/C12H12N2O5/c1-17-9-4-2-3-8(5-9)12-13-10(19-14-12)6-18-7-11(15)16/h2-5H,6-7H2,1H3,(H,15,16). The number of nitrogens with zero attached hydrogens (tertiary/aromatic N) is 2. The number of ether oxygens (including phenoxy) is 2. The number of rotatable bonds is 6. The molecule has 0 atom stereocenters. The summed E-state index contributed by atoms with van der Waals surface area (Å²) in [5.41, 5.74) is 0.743. The van der Waals surface area contributed by atoms with Gasteiger partial charge in [-0.25, -0.2) is 4.79 Å². The lowest BCUT2D eigenvalue weighted by Gasteiger charge is -1.99. The summed E-state index contributed by atoms with van der Waals surface area (Å²) in [4.78, 5) is 14.4. The molecule has 1 N–H and O–H groups in total. The number of hydrogen-bond donors (Lipinski definition) is 1. The first-order chi connectivity index (χ1) is 9.19.